The van der Waals surface area contributed by atoms with Gasteiger partial charge in [0.1, 0.15) is 0 Å². The fourth-order valence-corrected chi connectivity index (χ4v) is 3.46. The molecule has 1 N–H and O–H groups in total. The van der Waals surface area contributed by atoms with E-state index in [1.54, 1.807) is 14.2 Å². The molecule has 0 radical (unpaired) electrons. The molecule has 2 aromatic rings. The molecule has 1 aliphatic rings. The maximum atomic E-state index is 12.2. The lowest BCUT2D eigenvalue weighted by Gasteiger charge is -2.31. The van der Waals surface area contributed by atoms with Gasteiger partial charge in [0.25, 0.3) is 0 Å². The number of piperidine rings is 1. The highest BCUT2D eigenvalue weighted by molar-refractivity contribution is 5.89. The van der Waals surface area contributed by atoms with Crippen LogP contribution in [0.3, 0.4) is 0 Å². The Labute approximate surface area is 166 Å². The van der Waals surface area contributed by atoms with Crippen LogP contribution in [-0.2, 0) is 11.2 Å². The molecular weight excluding hydrogens is 356 g/mol. The second-order valence-corrected chi connectivity index (χ2v) is 7.21. The fraction of sp³-hybridized carbons (Fsp3) is 0.476. The summed E-state index contributed by atoms with van der Waals surface area (Å²) in [5.74, 6) is 3.26. The Balaban J connectivity index is 1.52. The number of hydrogen-bond donors (Lipinski definition) is 1. The van der Waals surface area contributed by atoms with Crippen LogP contribution in [0.1, 0.15) is 31.7 Å². The van der Waals surface area contributed by atoms with Crippen molar-refractivity contribution >= 4 is 17.5 Å². The summed E-state index contributed by atoms with van der Waals surface area (Å²) in [6.45, 7) is 4.27. The Morgan fingerprint density at radius 1 is 1.18 bits per heavy atom. The highest BCUT2D eigenvalue weighted by Gasteiger charge is 2.18. The molecule has 0 bridgehead atoms. The number of carbonyl (C=O) groups is 1. The summed E-state index contributed by atoms with van der Waals surface area (Å²) in [4.78, 5) is 14.5. The molecule has 7 heteroatoms. The largest absolute Gasteiger partial charge is 0.493 e. The van der Waals surface area contributed by atoms with Crippen molar-refractivity contribution < 1.29 is 14.3 Å². The monoisotopic (exact) mass is 384 g/mol. The first-order valence-electron chi connectivity index (χ1n) is 9.68. The molecule has 1 aromatic heterocycles. The van der Waals surface area contributed by atoms with Crippen LogP contribution in [0.2, 0.25) is 0 Å². The van der Waals surface area contributed by atoms with Crippen LogP contribution in [0.15, 0.2) is 30.3 Å². The van der Waals surface area contributed by atoms with Crippen LogP contribution in [0.4, 0.5) is 11.6 Å². The number of methoxy groups -OCH3 is 2. The molecule has 28 heavy (non-hydrogen) atoms. The third-order valence-electron chi connectivity index (χ3n) is 4.99. The van der Waals surface area contributed by atoms with Gasteiger partial charge in [-0.2, -0.15) is 0 Å². The second kappa shape index (κ2) is 9.39. The molecule has 1 atom stereocenters. The first-order valence-corrected chi connectivity index (χ1v) is 9.68. The molecule has 0 aliphatic carbocycles. The summed E-state index contributed by atoms with van der Waals surface area (Å²) in [7, 11) is 3.20. The Kier molecular flexibility index (Phi) is 6.68. The van der Waals surface area contributed by atoms with E-state index in [0.717, 1.165) is 24.5 Å². The molecule has 1 saturated heterocycles. The molecule has 0 saturated carbocycles. The van der Waals surface area contributed by atoms with E-state index in [4.69, 9.17) is 9.47 Å². The number of aromatic nitrogens is 2. The fourth-order valence-electron chi connectivity index (χ4n) is 3.46. The van der Waals surface area contributed by atoms with Crippen LogP contribution >= 0.6 is 0 Å². The molecule has 1 unspecified atom stereocenters. The predicted molar refractivity (Wildman–Crippen MR) is 109 cm³/mol. The van der Waals surface area contributed by atoms with E-state index >= 15 is 0 Å². The predicted octanol–water partition coefficient (Wildman–Crippen LogP) is 3.30. The summed E-state index contributed by atoms with van der Waals surface area (Å²) in [6, 6.07) is 9.41. The van der Waals surface area contributed by atoms with Crippen LogP contribution in [0.25, 0.3) is 0 Å². The number of hydrogen-bond acceptors (Lipinski definition) is 6. The first-order chi connectivity index (χ1) is 13.6. The molecular formula is C21H28N4O3. The van der Waals surface area contributed by atoms with Crippen LogP contribution in [-0.4, -0.2) is 43.4 Å². The summed E-state index contributed by atoms with van der Waals surface area (Å²) in [6.07, 6.45) is 3.39. The third-order valence-corrected chi connectivity index (χ3v) is 4.99. The number of rotatable bonds is 7. The Hall–Kier alpha value is -2.83. The minimum absolute atomic E-state index is 0.0940. The van der Waals surface area contributed by atoms with Gasteiger partial charge in [0.2, 0.25) is 5.91 Å². The average molecular weight is 384 g/mol. The lowest BCUT2D eigenvalue weighted by molar-refractivity contribution is -0.116. The van der Waals surface area contributed by atoms with Crippen LogP contribution in [0.5, 0.6) is 11.5 Å². The molecule has 1 amide bonds. The van der Waals surface area contributed by atoms with Gasteiger partial charge in [-0.1, -0.05) is 13.0 Å². The van der Waals surface area contributed by atoms with E-state index in [1.165, 1.54) is 12.8 Å². The van der Waals surface area contributed by atoms with Crippen molar-refractivity contribution in [1.29, 1.82) is 0 Å². The molecule has 1 aliphatic heterocycles. The zero-order valence-corrected chi connectivity index (χ0v) is 16.8. The van der Waals surface area contributed by atoms with Gasteiger partial charge in [-0.15, -0.1) is 10.2 Å². The summed E-state index contributed by atoms with van der Waals surface area (Å²) in [5, 5.41) is 11.3. The normalized spacial score (nSPS) is 16.5. The van der Waals surface area contributed by atoms with Crippen LogP contribution in [0, 0.1) is 5.92 Å². The third kappa shape index (κ3) is 5.12. The van der Waals surface area contributed by atoms with E-state index < -0.39 is 0 Å². The standard InChI is InChI=1S/C21H28N4O3/c1-15-5-4-12-25(14-15)20-10-9-19(23-24-20)22-21(26)11-7-16-6-8-17(27-2)18(13-16)28-3/h6,8-10,13,15H,4-5,7,11-12,14H2,1-3H3,(H,22,23,26). The lowest BCUT2D eigenvalue weighted by atomic mass is 10.0. The number of nitrogens with zero attached hydrogens (tertiary/aromatic N) is 3. The van der Waals surface area contributed by atoms with Crippen molar-refractivity contribution in [2.24, 2.45) is 5.92 Å². The van der Waals surface area contributed by atoms with Crippen LogP contribution < -0.4 is 19.7 Å². The lowest BCUT2D eigenvalue weighted by Crippen LogP contribution is -2.34. The van der Waals surface area contributed by atoms with Gasteiger partial charge < -0.3 is 19.7 Å². The van der Waals surface area contributed by atoms with E-state index in [-0.39, 0.29) is 5.91 Å². The topological polar surface area (TPSA) is 76.6 Å². The van der Waals surface area contributed by atoms with Crippen molar-refractivity contribution in [3.63, 3.8) is 0 Å². The van der Waals surface area contributed by atoms with E-state index in [2.05, 4.69) is 27.3 Å². The van der Waals surface area contributed by atoms with E-state index in [1.807, 2.05) is 30.3 Å². The highest BCUT2D eigenvalue weighted by Crippen LogP contribution is 2.28. The van der Waals surface area contributed by atoms with Crippen molar-refractivity contribution in [2.75, 3.05) is 37.5 Å². The zero-order chi connectivity index (χ0) is 19.9. The maximum Gasteiger partial charge on any atom is 0.225 e. The Morgan fingerprint density at radius 2 is 2.00 bits per heavy atom. The molecule has 7 nitrogen and oxygen atoms in total. The number of anilines is 2. The van der Waals surface area contributed by atoms with Gasteiger partial charge in [-0.05, 0) is 55.0 Å². The molecule has 2 heterocycles. The summed E-state index contributed by atoms with van der Waals surface area (Å²) < 4.78 is 10.5. The summed E-state index contributed by atoms with van der Waals surface area (Å²) >= 11 is 0. The minimum Gasteiger partial charge on any atom is -0.493 e. The smallest absolute Gasteiger partial charge is 0.225 e. The minimum atomic E-state index is -0.0940. The molecule has 3 rings (SSSR count). The Morgan fingerprint density at radius 3 is 2.68 bits per heavy atom. The Bertz CT molecular complexity index is 795. The van der Waals surface area contributed by atoms with Gasteiger partial charge in [-0.3, -0.25) is 4.79 Å². The quantitative estimate of drug-likeness (QED) is 0.789. The van der Waals surface area contributed by atoms with Crippen molar-refractivity contribution in [3.8, 4) is 11.5 Å². The number of benzene rings is 1. The number of nitrogens with one attached hydrogen (secondary N) is 1. The molecule has 1 aromatic carbocycles. The average Bonchev–Trinajstić information content (AvgIpc) is 2.72. The highest BCUT2D eigenvalue weighted by atomic mass is 16.5. The van der Waals surface area contributed by atoms with Gasteiger partial charge in [0.05, 0.1) is 14.2 Å². The van der Waals surface area contributed by atoms with Crippen molar-refractivity contribution in [2.45, 2.75) is 32.6 Å². The number of aryl methyl sites for hydroxylation is 1. The van der Waals surface area contributed by atoms with Crippen molar-refractivity contribution in [3.05, 3.63) is 35.9 Å². The maximum absolute atomic E-state index is 12.2. The van der Waals surface area contributed by atoms with Gasteiger partial charge in [0.15, 0.2) is 23.1 Å². The van der Waals surface area contributed by atoms with Gasteiger partial charge >= 0.3 is 0 Å². The van der Waals surface area contributed by atoms with Gasteiger partial charge in [0, 0.05) is 19.5 Å². The zero-order valence-electron chi connectivity index (χ0n) is 16.8. The SMILES string of the molecule is COc1ccc(CCC(=O)Nc2ccc(N3CCCC(C)C3)nn2)cc1OC. The van der Waals surface area contributed by atoms with Gasteiger partial charge in [-0.25, -0.2) is 0 Å². The number of ether oxygens (including phenoxy) is 2. The number of amides is 1. The molecule has 150 valence electrons. The van der Waals surface area contributed by atoms with E-state index in [9.17, 15) is 4.79 Å². The van der Waals surface area contributed by atoms with Crippen molar-refractivity contribution in [1.82, 2.24) is 10.2 Å². The summed E-state index contributed by atoms with van der Waals surface area (Å²) in [5.41, 5.74) is 1.01. The van der Waals surface area contributed by atoms with E-state index in [0.29, 0.717) is 36.1 Å². The first kappa shape index (κ1) is 19.9. The molecule has 0 spiro atoms. The molecule has 1 fully saturated rings. The second-order valence-electron chi connectivity index (χ2n) is 7.21. The number of carbonyl (C=O) groups excluding carboxylic acids is 1.